The summed E-state index contributed by atoms with van der Waals surface area (Å²) in [7, 11) is 1.52. The zero-order valence-corrected chi connectivity index (χ0v) is 12.7. The number of carbonyl (C=O) groups excluding carboxylic acids is 2. The number of benzene rings is 2. The second kappa shape index (κ2) is 7.47. The maximum absolute atomic E-state index is 11.9. The molecule has 0 saturated carbocycles. The lowest BCUT2D eigenvalue weighted by Gasteiger charge is -2.10. The van der Waals surface area contributed by atoms with Gasteiger partial charge in [0.15, 0.2) is 0 Å². The van der Waals surface area contributed by atoms with Gasteiger partial charge in [-0.1, -0.05) is 29.8 Å². The largest absolute Gasteiger partial charge is 0.496 e. The van der Waals surface area contributed by atoms with Gasteiger partial charge in [-0.25, -0.2) is 0 Å². The number of ether oxygens (including phenoxy) is 1. The van der Waals surface area contributed by atoms with Gasteiger partial charge in [-0.15, -0.1) is 0 Å². The van der Waals surface area contributed by atoms with Crippen molar-refractivity contribution in [3.8, 4) is 5.75 Å². The van der Waals surface area contributed by atoms with Crippen molar-refractivity contribution >= 4 is 23.4 Å². The van der Waals surface area contributed by atoms with Gasteiger partial charge < -0.3 is 4.74 Å². The van der Waals surface area contributed by atoms with E-state index in [0.717, 1.165) is 0 Å². The minimum absolute atomic E-state index is 0.0405. The SMILES string of the molecule is COc1ccc(Cl)cc1CC(=O)NNC(=O)c1ccccc1. The van der Waals surface area contributed by atoms with Crippen LogP contribution in [0.5, 0.6) is 5.75 Å². The Morgan fingerprint density at radius 2 is 1.82 bits per heavy atom. The fraction of sp³-hybridized carbons (Fsp3) is 0.125. The first-order valence-corrected chi connectivity index (χ1v) is 6.94. The third kappa shape index (κ3) is 4.23. The predicted molar refractivity (Wildman–Crippen MR) is 83.8 cm³/mol. The summed E-state index contributed by atoms with van der Waals surface area (Å²) in [6.07, 6.45) is 0.0405. The molecule has 2 aromatic carbocycles. The van der Waals surface area contributed by atoms with Crippen molar-refractivity contribution in [2.75, 3.05) is 7.11 Å². The lowest BCUT2D eigenvalue weighted by atomic mass is 10.1. The molecule has 0 unspecified atom stereocenters. The van der Waals surface area contributed by atoms with E-state index in [0.29, 0.717) is 21.9 Å². The lowest BCUT2D eigenvalue weighted by Crippen LogP contribution is -2.42. The van der Waals surface area contributed by atoms with Gasteiger partial charge in [0.05, 0.1) is 13.5 Å². The zero-order valence-electron chi connectivity index (χ0n) is 11.9. The molecule has 2 amide bonds. The molecular formula is C16H15ClN2O3. The predicted octanol–water partition coefficient (Wildman–Crippen LogP) is 2.35. The summed E-state index contributed by atoms with van der Waals surface area (Å²) < 4.78 is 5.17. The van der Waals surface area contributed by atoms with Gasteiger partial charge in [-0.3, -0.25) is 20.4 Å². The second-order valence-electron chi connectivity index (χ2n) is 4.50. The van der Waals surface area contributed by atoms with Gasteiger partial charge in [-0.2, -0.15) is 0 Å². The molecular weight excluding hydrogens is 304 g/mol. The molecule has 0 aromatic heterocycles. The summed E-state index contributed by atoms with van der Waals surface area (Å²) in [5.74, 6) is -0.189. The molecule has 0 bridgehead atoms. The van der Waals surface area contributed by atoms with Crippen molar-refractivity contribution in [1.82, 2.24) is 10.9 Å². The van der Waals surface area contributed by atoms with Crippen LogP contribution in [0.3, 0.4) is 0 Å². The van der Waals surface area contributed by atoms with Crippen molar-refractivity contribution in [3.05, 3.63) is 64.7 Å². The number of hydrogen-bond acceptors (Lipinski definition) is 3. The van der Waals surface area contributed by atoms with Crippen LogP contribution in [0.2, 0.25) is 5.02 Å². The van der Waals surface area contributed by atoms with Crippen LogP contribution in [0.15, 0.2) is 48.5 Å². The minimum Gasteiger partial charge on any atom is -0.496 e. The standard InChI is InChI=1S/C16H15ClN2O3/c1-22-14-8-7-13(17)9-12(14)10-15(20)18-19-16(21)11-5-3-2-4-6-11/h2-9H,10H2,1H3,(H,18,20)(H,19,21). The van der Waals surface area contributed by atoms with Gasteiger partial charge >= 0.3 is 0 Å². The second-order valence-corrected chi connectivity index (χ2v) is 4.94. The maximum Gasteiger partial charge on any atom is 0.269 e. The molecule has 6 heteroatoms. The molecule has 0 atom stereocenters. The third-order valence-electron chi connectivity index (χ3n) is 2.94. The normalized spacial score (nSPS) is 9.91. The highest BCUT2D eigenvalue weighted by molar-refractivity contribution is 6.30. The first kappa shape index (κ1) is 15.9. The van der Waals surface area contributed by atoms with E-state index in [2.05, 4.69) is 10.9 Å². The maximum atomic E-state index is 11.9. The summed E-state index contributed by atoms with van der Waals surface area (Å²) in [6, 6.07) is 13.6. The molecule has 2 N–H and O–H groups in total. The van der Waals surface area contributed by atoms with Crippen LogP contribution in [-0.2, 0) is 11.2 Å². The fourth-order valence-corrected chi connectivity index (χ4v) is 2.09. The van der Waals surface area contributed by atoms with E-state index in [-0.39, 0.29) is 18.2 Å². The monoisotopic (exact) mass is 318 g/mol. The van der Waals surface area contributed by atoms with Crippen molar-refractivity contribution in [3.63, 3.8) is 0 Å². The molecule has 22 heavy (non-hydrogen) atoms. The molecule has 0 spiro atoms. The molecule has 5 nitrogen and oxygen atoms in total. The lowest BCUT2D eigenvalue weighted by molar-refractivity contribution is -0.121. The van der Waals surface area contributed by atoms with E-state index in [1.54, 1.807) is 48.5 Å². The first-order valence-electron chi connectivity index (χ1n) is 6.57. The van der Waals surface area contributed by atoms with Crippen molar-refractivity contribution in [2.45, 2.75) is 6.42 Å². The van der Waals surface area contributed by atoms with Gasteiger partial charge in [0.25, 0.3) is 5.91 Å². The van der Waals surface area contributed by atoms with Gasteiger partial charge in [0.2, 0.25) is 5.91 Å². The molecule has 0 radical (unpaired) electrons. The molecule has 0 aliphatic carbocycles. The summed E-state index contributed by atoms with van der Waals surface area (Å²) in [5.41, 5.74) is 5.82. The zero-order chi connectivity index (χ0) is 15.9. The van der Waals surface area contributed by atoms with E-state index in [9.17, 15) is 9.59 Å². The molecule has 2 rings (SSSR count). The Hall–Kier alpha value is -2.53. The number of hydrogen-bond donors (Lipinski definition) is 2. The Morgan fingerprint density at radius 1 is 1.09 bits per heavy atom. The average Bonchev–Trinajstić information content (AvgIpc) is 2.53. The number of methoxy groups -OCH3 is 1. The van der Waals surface area contributed by atoms with Gasteiger partial charge in [0.1, 0.15) is 5.75 Å². The van der Waals surface area contributed by atoms with Gasteiger partial charge in [-0.05, 0) is 30.3 Å². The Morgan fingerprint density at radius 3 is 2.50 bits per heavy atom. The molecule has 0 heterocycles. The van der Waals surface area contributed by atoms with E-state index in [4.69, 9.17) is 16.3 Å². The molecule has 0 aliphatic rings. The van der Waals surface area contributed by atoms with Crippen LogP contribution in [0.25, 0.3) is 0 Å². The van der Waals surface area contributed by atoms with Crippen molar-refractivity contribution in [2.24, 2.45) is 0 Å². The summed E-state index contributed by atoms with van der Waals surface area (Å²) in [6.45, 7) is 0. The summed E-state index contributed by atoms with van der Waals surface area (Å²) >= 11 is 5.91. The van der Waals surface area contributed by atoms with Crippen LogP contribution in [-0.4, -0.2) is 18.9 Å². The number of nitrogens with one attached hydrogen (secondary N) is 2. The number of amides is 2. The van der Waals surface area contributed by atoms with E-state index >= 15 is 0 Å². The minimum atomic E-state index is -0.382. The molecule has 0 aliphatic heterocycles. The Balaban J connectivity index is 1.94. The number of carbonyl (C=O) groups is 2. The van der Waals surface area contributed by atoms with Crippen molar-refractivity contribution in [1.29, 1.82) is 0 Å². The van der Waals surface area contributed by atoms with Crippen LogP contribution < -0.4 is 15.6 Å². The quantitative estimate of drug-likeness (QED) is 0.850. The van der Waals surface area contributed by atoms with E-state index < -0.39 is 0 Å². The van der Waals surface area contributed by atoms with Crippen LogP contribution in [0.4, 0.5) is 0 Å². The third-order valence-corrected chi connectivity index (χ3v) is 3.18. The van der Waals surface area contributed by atoms with Crippen LogP contribution in [0.1, 0.15) is 15.9 Å². The summed E-state index contributed by atoms with van der Waals surface area (Å²) in [4.78, 5) is 23.7. The average molecular weight is 319 g/mol. The smallest absolute Gasteiger partial charge is 0.269 e. The fourth-order valence-electron chi connectivity index (χ4n) is 1.89. The number of rotatable bonds is 4. The Bertz CT molecular complexity index is 674. The van der Waals surface area contributed by atoms with E-state index in [1.165, 1.54) is 7.11 Å². The van der Waals surface area contributed by atoms with E-state index in [1.807, 2.05) is 0 Å². The highest BCUT2D eigenvalue weighted by atomic mass is 35.5. The Labute approximate surface area is 133 Å². The first-order chi connectivity index (χ1) is 10.6. The van der Waals surface area contributed by atoms with Gasteiger partial charge in [0, 0.05) is 16.1 Å². The number of halogens is 1. The topological polar surface area (TPSA) is 67.4 Å². The molecule has 0 fully saturated rings. The molecule has 114 valence electrons. The highest BCUT2D eigenvalue weighted by Crippen LogP contribution is 2.22. The number of hydrazine groups is 1. The van der Waals surface area contributed by atoms with Crippen LogP contribution in [0, 0.1) is 0 Å². The molecule has 0 saturated heterocycles. The molecule has 2 aromatic rings. The Kier molecular flexibility index (Phi) is 5.38. The highest BCUT2D eigenvalue weighted by Gasteiger charge is 2.11. The van der Waals surface area contributed by atoms with Crippen molar-refractivity contribution < 1.29 is 14.3 Å². The summed E-state index contributed by atoms with van der Waals surface area (Å²) in [5, 5.41) is 0.511. The van der Waals surface area contributed by atoms with Crippen LogP contribution >= 0.6 is 11.6 Å².